The number of hydrogen-bond acceptors (Lipinski definition) is 2. The Hall–Kier alpha value is -1.87. The van der Waals surface area contributed by atoms with Crippen molar-refractivity contribution in [2.75, 3.05) is 6.61 Å². The van der Waals surface area contributed by atoms with E-state index in [-0.39, 0.29) is 16.7 Å². The second kappa shape index (κ2) is 6.80. The Morgan fingerprint density at radius 3 is 1.84 bits per heavy atom. The molecule has 0 aromatic heterocycles. The third-order valence-corrected chi connectivity index (χ3v) is 3.42. The van der Waals surface area contributed by atoms with Crippen LogP contribution in [0.15, 0.2) is 12.1 Å². The molecular formula is C15H14F8O2. The lowest BCUT2D eigenvalue weighted by Gasteiger charge is -2.31. The largest absolute Gasteiger partial charge is 0.455 e. The van der Waals surface area contributed by atoms with Crippen molar-refractivity contribution in [1.82, 2.24) is 0 Å². The van der Waals surface area contributed by atoms with Crippen LogP contribution in [0.4, 0.5) is 35.1 Å². The van der Waals surface area contributed by atoms with Gasteiger partial charge in [0.2, 0.25) is 0 Å². The van der Waals surface area contributed by atoms with Crippen LogP contribution >= 0.6 is 0 Å². The van der Waals surface area contributed by atoms with Gasteiger partial charge >= 0.3 is 30.2 Å². The van der Waals surface area contributed by atoms with Crippen molar-refractivity contribution >= 4 is 5.97 Å². The number of hydrogen-bond donors (Lipinski definition) is 0. The van der Waals surface area contributed by atoms with Crippen LogP contribution in [-0.4, -0.2) is 36.8 Å². The van der Waals surface area contributed by atoms with Gasteiger partial charge in [-0.15, -0.1) is 0 Å². The van der Waals surface area contributed by atoms with Gasteiger partial charge < -0.3 is 4.74 Å². The molecule has 0 unspecified atom stereocenters. The van der Waals surface area contributed by atoms with E-state index in [0.29, 0.717) is 0 Å². The molecular weight excluding hydrogens is 364 g/mol. The van der Waals surface area contributed by atoms with Crippen LogP contribution in [0.25, 0.3) is 0 Å². The van der Waals surface area contributed by atoms with Crippen LogP contribution in [0, 0.1) is 20.8 Å². The fraction of sp³-hybridized carbons (Fsp3) is 0.533. The number of alkyl halides is 8. The molecule has 0 saturated carbocycles. The van der Waals surface area contributed by atoms with E-state index in [2.05, 4.69) is 4.74 Å². The van der Waals surface area contributed by atoms with Gasteiger partial charge in [-0.05, 0) is 31.9 Å². The summed E-state index contributed by atoms with van der Waals surface area (Å²) in [6.45, 7) is 2.05. The van der Waals surface area contributed by atoms with E-state index < -0.39 is 36.8 Å². The molecule has 0 N–H and O–H groups in total. The molecule has 25 heavy (non-hydrogen) atoms. The fourth-order valence-electron chi connectivity index (χ4n) is 2.20. The summed E-state index contributed by atoms with van der Waals surface area (Å²) in [5.74, 6) is -19.9. The quantitative estimate of drug-likeness (QED) is 0.518. The maximum atomic E-state index is 13.4. The lowest BCUT2D eigenvalue weighted by Crippen LogP contribution is -2.59. The molecule has 0 atom stereocenters. The lowest BCUT2D eigenvalue weighted by atomic mass is 10.00. The van der Waals surface area contributed by atoms with Gasteiger partial charge in [0.15, 0.2) is 6.61 Å². The maximum Gasteiger partial charge on any atom is 0.381 e. The van der Waals surface area contributed by atoms with Crippen molar-refractivity contribution in [1.29, 1.82) is 0 Å². The summed E-state index contributed by atoms with van der Waals surface area (Å²) in [5.41, 5.74) is 1.09. The van der Waals surface area contributed by atoms with Crippen molar-refractivity contribution in [3.8, 4) is 0 Å². The highest BCUT2D eigenvalue weighted by Crippen LogP contribution is 2.48. The van der Waals surface area contributed by atoms with Crippen LogP contribution in [0.1, 0.15) is 27.0 Å². The van der Waals surface area contributed by atoms with Gasteiger partial charge in [0.1, 0.15) is 0 Å². The zero-order valence-electron chi connectivity index (χ0n) is 13.3. The van der Waals surface area contributed by atoms with Crippen LogP contribution in [0.2, 0.25) is 0 Å². The van der Waals surface area contributed by atoms with Crippen molar-refractivity contribution in [2.45, 2.75) is 45.0 Å². The SMILES string of the molecule is Cc1cc(C)c(C(=O)OCC(F)(F)C(F)(F)C(F)(F)C(F)F)c(C)c1. The third-order valence-electron chi connectivity index (χ3n) is 3.42. The van der Waals surface area contributed by atoms with Crippen LogP contribution in [-0.2, 0) is 4.74 Å². The first-order valence-corrected chi connectivity index (χ1v) is 6.81. The van der Waals surface area contributed by atoms with E-state index in [0.717, 1.165) is 5.56 Å². The van der Waals surface area contributed by atoms with E-state index in [1.807, 2.05) is 0 Å². The molecule has 1 rings (SSSR count). The molecule has 1 aromatic rings. The molecule has 2 nitrogen and oxygen atoms in total. The van der Waals surface area contributed by atoms with E-state index in [1.165, 1.54) is 26.0 Å². The molecule has 10 heteroatoms. The highest BCUT2D eigenvalue weighted by molar-refractivity contribution is 5.92. The summed E-state index contributed by atoms with van der Waals surface area (Å²) >= 11 is 0. The minimum Gasteiger partial charge on any atom is -0.455 e. The van der Waals surface area contributed by atoms with Crippen molar-refractivity contribution in [3.05, 3.63) is 34.4 Å². The molecule has 1 aromatic carbocycles. The third kappa shape index (κ3) is 3.87. The predicted molar refractivity (Wildman–Crippen MR) is 71.8 cm³/mol. The van der Waals surface area contributed by atoms with Crippen LogP contribution < -0.4 is 0 Å². The second-order valence-electron chi connectivity index (χ2n) is 5.55. The lowest BCUT2D eigenvalue weighted by molar-refractivity contribution is -0.343. The number of rotatable bonds is 6. The molecule has 0 spiro atoms. The zero-order chi connectivity index (χ0) is 19.8. The molecule has 0 fully saturated rings. The molecule has 0 amide bonds. The Bertz CT molecular complexity index is 632. The summed E-state index contributed by atoms with van der Waals surface area (Å²) in [6.07, 6.45) is -5.02. The topological polar surface area (TPSA) is 26.3 Å². The van der Waals surface area contributed by atoms with Crippen molar-refractivity contribution in [3.63, 3.8) is 0 Å². The highest BCUT2D eigenvalue weighted by Gasteiger charge is 2.75. The smallest absolute Gasteiger partial charge is 0.381 e. The van der Waals surface area contributed by atoms with Crippen molar-refractivity contribution < 1.29 is 44.7 Å². The maximum absolute atomic E-state index is 13.4. The average Bonchev–Trinajstić information content (AvgIpc) is 2.43. The monoisotopic (exact) mass is 378 g/mol. The van der Waals surface area contributed by atoms with Gasteiger partial charge in [0, 0.05) is 0 Å². The Morgan fingerprint density at radius 1 is 1.00 bits per heavy atom. The number of ether oxygens (including phenoxy) is 1. The van der Waals surface area contributed by atoms with Crippen LogP contribution in [0.5, 0.6) is 0 Å². The Morgan fingerprint density at radius 2 is 1.44 bits per heavy atom. The highest BCUT2D eigenvalue weighted by atomic mass is 19.4. The van der Waals surface area contributed by atoms with Gasteiger partial charge in [-0.25, -0.2) is 13.6 Å². The zero-order valence-corrected chi connectivity index (χ0v) is 13.3. The molecule has 0 aliphatic carbocycles. The first-order valence-electron chi connectivity index (χ1n) is 6.81. The number of aryl methyl sites for hydroxylation is 3. The Labute approximate surface area is 137 Å². The number of carbonyl (C=O) groups is 1. The first kappa shape index (κ1) is 21.2. The number of esters is 1. The summed E-state index contributed by atoms with van der Waals surface area (Å²) < 4.78 is 106. The number of benzene rings is 1. The number of halogens is 8. The van der Waals surface area contributed by atoms with Gasteiger partial charge in [-0.2, -0.15) is 26.3 Å². The molecule has 0 saturated heterocycles. The summed E-state index contributed by atoms with van der Waals surface area (Å²) in [6, 6.07) is 2.97. The molecule has 0 radical (unpaired) electrons. The summed E-state index contributed by atoms with van der Waals surface area (Å²) in [7, 11) is 0. The molecule has 0 bridgehead atoms. The fourth-order valence-corrected chi connectivity index (χ4v) is 2.20. The van der Waals surface area contributed by atoms with E-state index in [4.69, 9.17) is 0 Å². The Kier molecular flexibility index (Phi) is 5.76. The predicted octanol–water partition coefficient (Wildman–Crippen LogP) is 4.94. The van der Waals surface area contributed by atoms with E-state index in [1.54, 1.807) is 6.92 Å². The van der Waals surface area contributed by atoms with Gasteiger partial charge in [-0.3, -0.25) is 0 Å². The van der Waals surface area contributed by atoms with Gasteiger partial charge in [0.25, 0.3) is 0 Å². The average molecular weight is 378 g/mol. The van der Waals surface area contributed by atoms with Crippen molar-refractivity contribution in [2.24, 2.45) is 0 Å². The molecule has 142 valence electrons. The summed E-state index contributed by atoms with van der Waals surface area (Å²) in [5, 5.41) is 0. The normalized spacial score (nSPS) is 13.3. The van der Waals surface area contributed by atoms with E-state index in [9.17, 15) is 39.9 Å². The molecule has 0 aliphatic rings. The number of carbonyl (C=O) groups excluding carboxylic acids is 1. The Balaban J connectivity index is 3.02. The molecule has 0 aliphatic heterocycles. The summed E-state index contributed by atoms with van der Waals surface area (Å²) in [4.78, 5) is 11.8. The standard InChI is InChI=1S/C15H14F8O2/c1-7-4-8(2)10(9(3)5-7)11(24)25-6-13(18,19)15(22,23)14(20,21)12(16)17/h4-5,12H,6H2,1-3H3. The van der Waals surface area contributed by atoms with Gasteiger partial charge in [0.05, 0.1) is 5.56 Å². The minimum atomic E-state index is -6.41. The van der Waals surface area contributed by atoms with Gasteiger partial charge in [-0.1, -0.05) is 17.7 Å². The van der Waals surface area contributed by atoms with E-state index >= 15 is 0 Å². The van der Waals surface area contributed by atoms with Crippen LogP contribution in [0.3, 0.4) is 0 Å². The minimum absolute atomic E-state index is 0.203. The second-order valence-corrected chi connectivity index (χ2v) is 5.55. The first-order chi connectivity index (χ1) is 11.1. The molecule has 0 heterocycles.